The molecule has 0 saturated heterocycles. The van der Waals surface area contributed by atoms with E-state index in [2.05, 4.69) is 5.32 Å². The number of nitrogens with zero attached hydrogens (tertiary/aromatic N) is 2. The van der Waals surface area contributed by atoms with Gasteiger partial charge in [0.25, 0.3) is 0 Å². The molecule has 4 nitrogen and oxygen atoms in total. The monoisotopic (exact) mass is 249 g/mol. The number of carbonyl (C=O) groups excluding carboxylic acids is 1. The number of likely N-dealkylation sites (N-methyl/N-ethyl adjacent to an activating group) is 2. The predicted octanol–water partition coefficient (Wildman–Crippen LogP) is 1.66. The molecule has 0 spiro atoms. The first-order valence-corrected chi connectivity index (χ1v) is 5.83. The van der Waals surface area contributed by atoms with Crippen LogP contribution in [-0.2, 0) is 4.79 Å². The summed E-state index contributed by atoms with van der Waals surface area (Å²) in [5.74, 6) is -0.597. The summed E-state index contributed by atoms with van der Waals surface area (Å²) in [7, 11) is 0. The molecule has 96 valence electrons. The Morgan fingerprint density at radius 2 is 2.17 bits per heavy atom. The van der Waals surface area contributed by atoms with Crippen LogP contribution in [0, 0.1) is 17.1 Å². The number of rotatable bonds is 5. The van der Waals surface area contributed by atoms with Gasteiger partial charge in [-0.15, -0.1) is 0 Å². The lowest BCUT2D eigenvalue weighted by Gasteiger charge is -2.22. The Morgan fingerprint density at radius 1 is 1.44 bits per heavy atom. The van der Waals surface area contributed by atoms with Gasteiger partial charge in [0.1, 0.15) is 5.82 Å². The van der Waals surface area contributed by atoms with Gasteiger partial charge in [0.05, 0.1) is 18.2 Å². The number of halogens is 1. The molecule has 18 heavy (non-hydrogen) atoms. The number of anilines is 1. The van der Waals surface area contributed by atoms with E-state index in [4.69, 9.17) is 5.26 Å². The van der Waals surface area contributed by atoms with Crippen LogP contribution in [0.3, 0.4) is 0 Å². The van der Waals surface area contributed by atoms with E-state index in [9.17, 15) is 9.18 Å². The lowest BCUT2D eigenvalue weighted by Crippen LogP contribution is -2.37. The smallest absolute Gasteiger partial charge is 0.239 e. The molecule has 5 heteroatoms. The molecule has 0 heterocycles. The minimum absolute atomic E-state index is 0.123. The highest BCUT2D eigenvalue weighted by Gasteiger charge is 2.11. The minimum Gasteiger partial charge on any atom is -0.362 e. The molecule has 0 aliphatic rings. The molecule has 1 amide bonds. The average molecular weight is 249 g/mol. The van der Waals surface area contributed by atoms with Crippen LogP contribution in [0.25, 0.3) is 0 Å². The summed E-state index contributed by atoms with van der Waals surface area (Å²) in [6.45, 7) is 4.98. The Kier molecular flexibility index (Phi) is 5.12. The van der Waals surface area contributed by atoms with Gasteiger partial charge in [-0.3, -0.25) is 4.79 Å². The van der Waals surface area contributed by atoms with Crippen LogP contribution in [0.15, 0.2) is 18.2 Å². The molecule has 1 N–H and O–H groups in total. The van der Waals surface area contributed by atoms with Gasteiger partial charge in [-0.2, -0.15) is 5.26 Å². The molecule has 1 aromatic rings. The Hall–Kier alpha value is -2.09. The van der Waals surface area contributed by atoms with Crippen molar-refractivity contribution in [1.82, 2.24) is 5.32 Å². The first-order chi connectivity index (χ1) is 8.60. The molecular formula is C13H16FN3O. The van der Waals surface area contributed by atoms with Gasteiger partial charge in [0.15, 0.2) is 0 Å². The van der Waals surface area contributed by atoms with E-state index in [-0.39, 0.29) is 18.0 Å². The van der Waals surface area contributed by atoms with E-state index in [0.717, 1.165) is 0 Å². The fourth-order valence-electron chi connectivity index (χ4n) is 1.63. The van der Waals surface area contributed by atoms with E-state index < -0.39 is 5.82 Å². The third kappa shape index (κ3) is 3.74. The predicted molar refractivity (Wildman–Crippen MR) is 67.7 cm³/mol. The van der Waals surface area contributed by atoms with Crippen LogP contribution in [-0.4, -0.2) is 25.5 Å². The van der Waals surface area contributed by atoms with Crippen molar-refractivity contribution in [1.29, 1.82) is 5.26 Å². The summed E-state index contributed by atoms with van der Waals surface area (Å²) in [6.07, 6.45) is 0. The van der Waals surface area contributed by atoms with Crippen molar-refractivity contribution < 1.29 is 9.18 Å². The van der Waals surface area contributed by atoms with Gasteiger partial charge in [-0.1, -0.05) is 0 Å². The molecule has 0 saturated carbocycles. The number of nitriles is 1. The number of carbonyl (C=O) groups is 1. The second-order valence-electron chi connectivity index (χ2n) is 3.78. The van der Waals surface area contributed by atoms with Crippen molar-refractivity contribution in [2.45, 2.75) is 13.8 Å². The van der Waals surface area contributed by atoms with E-state index in [0.29, 0.717) is 18.8 Å². The molecule has 1 aromatic carbocycles. The fraction of sp³-hybridized carbons (Fsp3) is 0.385. The van der Waals surface area contributed by atoms with E-state index >= 15 is 0 Å². The van der Waals surface area contributed by atoms with Gasteiger partial charge in [0.2, 0.25) is 5.91 Å². The van der Waals surface area contributed by atoms with Crippen molar-refractivity contribution in [2.24, 2.45) is 0 Å². The van der Waals surface area contributed by atoms with E-state index in [1.165, 1.54) is 12.1 Å². The van der Waals surface area contributed by atoms with Crippen molar-refractivity contribution in [3.8, 4) is 6.07 Å². The third-order valence-electron chi connectivity index (χ3n) is 2.47. The highest BCUT2D eigenvalue weighted by molar-refractivity contribution is 5.81. The van der Waals surface area contributed by atoms with Crippen LogP contribution >= 0.6 is 0 Å². The van der Waals surface area contributed by atoms with Gasteiger partial charge >= 0.3 is 0 Å². The Morgan fingerprint density at radius 3 is 2.72 bits per heavy atom. The zero-order valence-electron chi connectivity index (χ0n) is 10.5. The quantitative estimate of drug-likeness (QED) is 0.863. The van der Waals surface area contributed by atoms with Crippen LogP contribution in [0.5, 0.6) is 0 Å². The Bertz CT molecular complexity index is 468. The standard InChI is InChI=1S/C13H16FN3O/c1-3-16-13(18)9-17(4-2)12-6-10(8-15)5-11(14)7-12/h5-7H,3-4,9H2,1-2H3,(H,16,18). The number of hydrogen-bond donors (Lipinski definition) is 1. The Balaban J connectivity index is 2.91. The van der Waals surface area contributed by atoms with Crippen LogP contribution in [0.2, 0.25) is 0 Å². The molecule has 0 unspecified atom stereocenters. The molecule has 0 radical (unpaired) electrons. The zero-order valence-corrected chi connectivity index (χ0v) is 10.5. The van der Waals surface area contributed by atoms with Gasteiger partial charge in [-0.05, 0) is 32.0 Å². The van der Waals surface area contributed by atoms with Crippen molar-refractivity contribution in [3.63, 3.8) is 0 Å². The summed E-state index contributed by atoms with van der Waals surface area (Å²) in [6, 6.07) is 5.97. The van der Waals surface area contributed by atoms with Crippen LogP contribution in [0.4, 0.5) is 10.1 Å². The molecule has 0 bridgehead atoms. The van der Waals surface area contributed by atoms with Crippen LogP contribution in [0.1, 0.15) is 19.4 Å². The number of benzene rings is 1. The maximum Gasteiger partial charge on any atom is 0.239 e. The minimum atomic E-state index is -0.474. The molecule has 0 aliphatic carbocycles. The van der Waals surface area contributed by atoms with Crippen molar-refractivity contribution in [3.05, 3.63) is 29.6 Å². The maximum atomic E-state index is 13.3. The highest BCUT2D eigenvalue weighted by atomic mass is 19.1. The van der Waals surface area contributed by atoms with Crippen molar-refractivity contribution in [2.75, 3.05) is 24.5 Å². The van der Waals surface area contributed by atoms with Gasteiger partial charge in [0, 0.05) is 18.8 Å². The Labute approximate surface area is 106 Å². The number of nitrogens with one attached hydrogen (secondary N) is 1. The third-order valence-corrected chi connectivity index (χ3v) is 2.47. The second kappa shape index (κ2) is 6.60. The SMILES string of the molecule is CCNC(=O)CN(CC)c1cc(F)cc(C#N)c1. The summed E-state index contributed by atoms with van der Waals surface area (Å²) in [5.41, 5.74) is 0.791. The number of amides is 1. The molecule has 0 aromatic heterocycles. The van der Waals surface area contributed by atoms with Gasteiger partial charge < -0.3 is 10.2 Å². The molecule has 1 rings (SSSR count). The van der Waals surface area contributed by atoms with Crippen LogP contribution < -0.4 is 10.2 Å². The largest absolute Gasteiger partial charge is 0.362 e. The normalized spacial score (nSPS) is 9.67. The van der Waals surface area contributed by atoms with Gasteiger partial charge in [-0.25, -0.2) is 4.39 Å². The number of hydrogen-bond acceptors (Lipinski definition) is 3. The summed E-state index contributed by atoms with van der Waals surface area (Å²) < 4.78 is 13.3. The van der Waals surface area contributed by atoms with E-state index in [1.54, 1.807) is 11.0 Å². The topological polar surface area (TPSA) is 56.1 Å². The summed E-state index contributed by atoms with van der Waals surface area (Å²) in [5, 5.41) is 11.5. The molecule has 0 atom stereocenters. The first kappa shape index (κ1) is 14.0. The first-order valence-electron chi connectivity index (χ1n) is 5.83. The fourth-order valence-corrected chi connectivity index (χ4v) is 1.63. The molecular weight excluding hydrogens is 233 g/mol. The second-order valence-corrected chi connectivity index (χ2v) is 3.78. The highest BCUT2D eigenvalue weighted by Crippen LogP contribution is 2.18. The lowest BCUT2D eigenvalue weighted by atomic mass is 10.2. The molecule has 0 aliphatic heterocycles. The lowest BCUT2D eigenvalue weighted by molar-refractivity contribution is -0.119. The maximum absolute atomic E-state index is 13.3. The summed E-state index contributed by atoms with van der Waals surface area (Å²) >= 11 is 0. The summed E-state index contributed by atoms with van der Waals surface area (Å²) in [4.78, 5) is 13.2. The van der Waals surface area contributed by atoms with E-state index in [1.807, 2.05) is 19.9 Å². The average Bonchev–Trinajstić information content (AvgIpc) is 2.35. The molecule has 0 fully saturated rings. The van der Waals surface area contributed by atoms with Crippen molar-refractivity contribution >= 4 is 11.6 Å². The zero-order chi connectivity index (χ0) is 13.5.